The predicted molar refractivity (Wildman–Crippen MR) is 88.7 cm³/mol. The van der Waals surface area contributed by atoms with Gasteiger partial charge in [-0.3, -0.25) is 9.59 Å². The Bertz CT molecular complexity index is 598. The highest BCUT2D eigenvalue weighted by molar-refractivity contribution is 6.33. The molecule has 2 heterocycles. The number of carbonyl (C=O) groups excluding carboxylic acids is 2. The maximum Gasteiger partial charge on any atom is 0.255 e. The average molecular weight is 337 g/mol. The average Bonchev–Trinajstić information content (AvgIpc) is 3.37. The van der Waals surface area contributed by atoms with Crippen LogP contribution in [-0.2, 0) is 4.79 Å². The molecule has 2 amide bonds. The third kappa shape index (κ3) is 4.34. The molecule has 0 bridgehead atoms. The molecule has 2 aliphatic rings. The molecule has 1 saturated heterocycles. The largest absolute Gasteiger partial charge is 0.360 e. The summed E-state index contributed by atoms with van der Waals surface area (Å²) in [6.45, 7) is 1.71. The monoisotopic (exact) mass is 336 g/mol. The quantitative estimate of drug-likeness (QED) is 0.863. The number of hydrogen-bond acceptors (Lipinski definition) is 4. The molecule has 0 radical (unpaired) electrons. The van der Waals surface area contributed by atoms with E-state index in [4.69, 9.17) is 11.6 Å². The third-order valence-electron chi connectivity index (χ3n) is 4.09. The van der Waals surface area contributed by atoms with E-state index in [1.54, 1.807) is 6.07 Å². The summed E-state index contributed by atoms with van der Waals surface area (Å²) >= 11 is 6.19. The van der Waals surface area contributed by atoms with Gasteiger partial charge in [-0.1, -0.05) is 11.6 Å². The molecule has 23 heavy (non-hydrogen) atoms. The predicted octanol–water partition coefficient (Wildman–Crippen LogP) is 2.05. The Morgan fingerprint density at radius 2 is 2.00 bits per heavy atom. The van der Waals surface area contributed by atoms with Crippen molar-refractivity contribution < 1.29 is 9.59 Å². The van der Waals surface area contributed by atoms with Crippen molar-refractivity contribution in [3.63, 3.8) is 0 Å². The number of nitrogens with zero attached hydrogens (tertiary/aromatic N) is 2. The Kier molecular flexibility index (Phi) is 5.00. The Labute approximate surface area is 140 Å². The third-order valence-corrected chi connectivity index (χ3v) is 4.38. The van der Waals surface area contributed by atoms with Crippen LogP contribution >= 0.6 is 11.6 Å². The van der Waals surface area contributed by atoms with Gasteiger partial charge in [0.25, 0.3) is 5.91 Å². The van der Waals surface area contributed by atoms with Crippen LogP contribution in [0.5, 0.6) is 0 Å². The number of piperidine rings is 1. The van der Waals surface area contributed by atoms with E-state index < -0.39 is 0 Å². The second-order valence-corrected chi connectivity index (χ2v) is 6.51. The van der Waals surface area contributed by atoms with E-state index in [0.717, 1.165) is 38.8 Å². The summed E-state index contributed by atoms with van der Waals surface area (Å²) in [5.74, 6) is 0.323. The number of halogens is 1. The van der Waals surface area contributed by atoms with Crippen LogP contribution in [0.3, 0.4) is 0 Å². The van der Waals surface area contributed by atoms with Gasteiger partial charge >= 0.3 is 0 Å². The van der Waals surface area contributed by atoms with Gasteiger partial charge in [0.05, 0.1) is 17.1 Å². The highest BCUT2D eigenvalue weighted by Crippen LogP contribution is 2.22. The molecule has 124 valence electrons. The molecule has 0 spiro atoms. The van der Waals surface area contributed by atoms with Gasteiger partial charge in [0.15, 0.2) is 0 Å². The lowest BCUT2D eigenvalue weighted by molar-refractivity contribution is -0.119. The number of anilines is 1. The van der Waals surface area contributed by atoms with Gasteiger partial charge in [0.2, 0.25) is 5.91 Å². The van der Waals surface area contributed by atoms with Crippen LogP contribution in [0.4, 0.5) is 5.82 Å². The molecule has 1 aliphatic carbocycles. The summed E-state index contributed by atoms with van der Waals surface area (Å²) < 4.78 is 0. The molecule has 3 rings (SSSR count). The topological polar surface area (TPSA) is 74.3 Å². The minimum Gasteiger partial charge on any atom is -0.360 e. The molecule has 0 aromatic carbocycles. The lowest BCUT2D eigenvalue weighted by Gasteiger charge is -2.26. The van der Waals surface area contributed by atoms with Crippen molar-refractivity contribution in [2.45, 2.75) is 38.1 Å². The SMILES string of the molecule is O=C(CNc1ncc(C(=O)N2CCCCC2)cc1Cl)NC1CC1. The molecule has 1 aromatic rings. The number of carbonyl (C=O) groups is 2. The Hall–Kier alpha value is -1.82. The lowest BCUT2D eigenvalue weighted by Crippen LogP contribution is -2.35. The summed E-state index contributed by atoms with van der Waals surface area (Å²) in [6, 6.07) is 1.95. The van der Waals surface area contributed by atoms with E-state index in [-0.39, 0.29) is 18.4 Å². The minimum absolute atomic E-state index is 0.0304. The van der Waals surface area contributed by atoms with Gasteiger partial charge in [0, 0.05) is 25.3 Å². The van der Waals surface area contributed by atoms with E-state index >= 15 is 0 Å². The first kappa shape index (κ1) is 16.1. The molecule has 0 atom stereocenters. The molecule has 2 fully saturated rings. The second-order valence-electron chi connectivity index (χ2n) is 6.10. The first-order valence-electron chi connectivity index (χ1n) is 8.11. The number of pyridine rings is 1. The zero-order valence-corrected chi connectivity index (χ0v) is 13.7. The molecule has 2 N–H and O–H groups in total. The fourth-order valence-corrected chi connectivity index (χ4v) is 2.87. The van der Waals surface area contributed by atoms with Crippen LogP contribution < -0.4 is 10.6 Å². The Balaban J connectivity index is 1.58. The standard InChI is InChI=1S/C16H21ClN4O2/c17-13-8-11(16(23)21-6-2-1-3-7-21)9-18-15(13)19-10-14(22)20-12-4-5-12/h8-9,12H,1-7,10H2,(H,18,19)(H,20,22). The number of nitrogens with one attached hydrogen (secondary N) is 2. The van der Waals surface area contributed by atoms with Crippen molar-refractivity contribution in [1.29, 1.82) is 0 Å². The van der Waals surface area contributed by atoms with E-state index in [1.165, 1.54) is 12.6 Å². The van der Waals surface area contributed by atoms with E-state index in [0.29, 0.717) is 22.4 Å². The van der Waals surface area contributed by atoms with Crippen LogP contribution in [0.15, 0.2) is 12.3 Å². The maximum atomic E-state index is 12.4. The molecule has 1 aromatic heterocycles. The molecule has 0 unspecified atom stereocenters. The maximum absolute atomic E-state index is 12.4. The smallest absolute Gasteiger partial charge is 0.255 e. The minimum atomic E-state index is -0.0705. The van der Waals surface area contributed by atoms with Gasteiger partial charge in [-0.25, -0.2) is 4.98 Å². The zero-order valence-electron chi connectivity index (χ0n) is 13.0. The van der Waals surface area contributed by atoms with Crippen molar-refractivity contribution in [3.8, 4) is 0 Å². The van der Waals surface area contributed by atoms with Crippen molar-refractivity contribution in [1.82, 2.24) is 15.2 Å². The first-order valence-corrected chi connectivity index (χ1v) is 8.49. The van der Waals surface area contributed by atoms with Gasteiger partial charge in [-0.2, -0.15) is 0 Å². The fraction of sp³-hybridized carbons (Fsp3) is 0.562. The molecule has 1 saturated carbocycles. The number of aromatic nitrogens is 1. The number of likely N-dealkylation sites (tertiary alicyclic amines) is 1. The molecule has 7 heteroatoms. The number of hydrogen-bond donors (Lipinski definition) is 2. The number of rotatable bonds is 5. The molecule has 6 nitrogen and oxygen atoms in total. The van der Waals surface area contributed by atoms with Crippen molar-refractivity contribution in [2.24, 2.45) is 0 Å². The lowest BCUT2D eigenvalue weighted by atomic mass is 10.1. The van der Waals surface area contributed by atoms with Crippen LogP contribution in [-0.4, -0.2) is 47.4 Å². The van der Waals surface area contributed by atoms with Crippen LogP contribution in [0, 0.1) is 0 Å². The Morgan fingerprint density at radius 1 is 1.26 bits per heavy atom. The normalized spacial score (nSPS) is 17.7. The molecule has 1 aliphatic heterocycles. The molecular formula is C16H21ClN4O2. The number of amides is 2. The van der Waals surface area contributed by atoms with Gasteiger partial charge in [-0.15, -0.1) is 0 Å². The van der Waals surface area contributed by atoms with E-state index in [9.17, 15) is 9.59 Å². The van der Waals surface area contributed by atoms with Crippen molar-refractivity contribution in [2.75, 3.05) is 25.0 Å². The summed E-state index contributed by atoms with van der Waals surface area (Å²) in [4.78, 5) is 30.1. The molecular weight excluding hydrogens is 316 g/mol. The van der Waals surface area contributed by atoms with Crippen molar-refractivity contribution in [3.05, 3.63) is 22.8 Å². The van der Waals surface area contributed by atoms with Crippen LogP contribution in [0.1, 0.15) is 42.5 Å². The van der Waals surface area contributed by atoms with Gasteiger partial charge in [0.1, 0.15) is 5.82 Å². The van der Waals surface area contributed by atoms with E-state index in [1.807, 2.05) is 4.90 Å². The van der Waals surface area contributed by atoms with Crippen LogP contribution in [0.25, 0.3) is 0 Å². The fourth-order valence-electron chi connectivity index (χ4n) is 2.63. The van der Waals surface area contributed by atoms with E-state index in [2.05, 4.69) is 15.6 Å². The first-order chi connectivity index (χ1) is 11.1. The summed E-state index contributed by atoms with van der Waals surface area (Å²) in [7, 11) is 0. The van der Waals surface area contributed by atoms with Crippen molar-refractivity contribution >= 4 is 29.2 Å². The van der Waals surface area contributed by atoms with Gasteiger partial charge < -0.3 is 15.5 Å². The summed E-state index contributed by atoms with van der Waals surface area (Å²) in [5.41, 5.74) is 0.491. The zero-order chi connectivity index (χ0) is 16.2. The summed E-state index contributed by atoms with van der Waals surface area (Å²) in [5, 5.41) is 6.15. The van der Waals surface area contributed by atoms with Gasteiger partial charge in [-0.05, 0) is 38.2 Å². The summed E-state index contributed by atoms with van der Waals surface area (Å²) in [6.07, 6.45) is 6.89. The second kappa shape index (κ2) is 7.17. The Morgan fingerprint density at radius 3 is 2.65 bits per heavy atom. The highest BCUT2D eigenvalue weighted by Gasteiger charge is 2.23. The van der Waals surface area contributed by atoms with Crippen LogP contribution in [0.2, 0.25) is 5.02 Å². The highest BCUT2D eigenvalue weighted by atomic mass is 35.5.